The van der Waals surface area contributed by atoms with Crippen molar-refractivity contribution in [2.75, 3.05) is 19.0 Å². The Hall–Kier alpha value is -2.94. The number of nitrogens with zero attached hydrogens (tertiary/aromatic N) is 6. The number of imidazole rings is 1. The lowest BCUT2D eigenvalue weighted by Crippen LogP contribution is -2.14. The van der Waals surface area contributed by atoms with Crippen LogP contribution in [0.25, 0.3) is 22.6 Å². The van der Waals surface area contributed by atoms with Crippen molar-refractivity contribution in [3.8, 4) is 17.6 Å². The largest absolute Gasteiger partial charge is 0.361 e. The summed E-state index contributed by atoms with van der Waals surface area (Å²) in [6.07, 6.45) is 3.29. The van der Waals surface area contributed by atoms with Crippen LogP contribution in [0.3, 0.4) is 0 Å². The molecule has 6 heteroatoms. The molecule has 0 N–H and O–H groups in total. The number of rotatable bonds is 3. The van der Waals surface area contributed by atoms with Crippen molar-refractivity contribution >= 4 is 16.9 Å². The van der Waals surface area contributed by atoms with Crippen molar-refractivity contribution in [1.82, 2.24) is 19.5 Å². The van der Waals surface area contributed by atoms with Gasteiger partial charge < -0.3 is 9.47 Å². The van der Waals surface area contributed by atoms with E-state index in [0.717, 1.165) is 16.9 Å². The number of anilines is 1. The zero-order valence-electron chi connectivity index (χ0n) is 11.9. The van der Waals surface area contributed by atoms with E-state index in [1.165, 1.54) is 0 Å². The average molecular weight is 278 g/mol. The second kappa shape index (κ2) is 5.21. The molecular formula is C15H14N6. The Morgan fingerprint density at radius 2 is 1.95 bits per heavy atom. The minimum Gasteiger partial charge on any atom is -0.361 e. The van der Waals surface area contributed by atoms with Crippen LogP contribution in [-0.4, -0.2) is 33.6 Å². The maximum Gasteiger partial charge on any atom is 0.164 e. The number of hydrogen-bond donors (Lipinski definition) is 0. The Labute approximate surface area is 122 Å². The molecule has 3 aromatic rings. The molecule has 1 aromatic carbocycles. The molecule has 0 radical (unpaired) electrons. The summed E-state index contributed by atoms with van der Waals surface area (Å²) < 4.78 is 1.87. The molecule has 0 aliphatic heterocycles. The molecule has 0 atom stereocenters. The molecule has 0 saturated heterocycles. The van der Waals surface area contributed by atoms with Gasteiger partial charge in [-0.3, -0.25) is 0 Å². The maximum absolute atomic E-state index is 9.10. The molecule has 0 aliphatic rings. The third-order valence-electron chi connectivity index (χ3n) is 3.20. The Balaban J connectivity index is 2.30. The van der Waals surface area contributed by atoms with Gasteiger partial charge in [-0.15, -0.1) is 0 Å². The summed E-state index contributed by atoms with van der Waals surface area (Å²) in [5.41, 5.74) is 2.44. The van der Waals surface area contributed by atoms with Gasteiger partial charge in [0.25, 0.3) is 0 Å². The lowest BCUT2D eigenvalue weighted by molar-refractivity contribution is 0.861. The third-order valence-corrected chi connectivity index (χ3v) is 3.20. The lowest BCUT2D eigenvalue weighted by Gasteiger charge is -2.14. The Bertz CT molecular complexity index is 828. The van der Waals surface area contributed by atoms with Crippen LogP contribution in [0.5, 0.6) is 0 Å². The first-order valence-corrected chi connectivity index (χ1v) is 6.53. The van der Waals surface area contributed by atoms with Gasteiger partial charge in [-0.25, -0.2) is 15.0 Å². The van der Waals surface area contributed by atoms with Crippen molar-refractivity contribution in [3.05, 3.63) is 36.7 Å². The Morgan fingerprint density at radius 1 is 1.19 bits per heavy atom. The van der Waals surface area contributed by atoms with Crippen LogP contribution < -0.4 is 4.90 Å². The molecule has 21 heavy (non-hydrogen) atoms. The van der Waals surface area contributed by atoms with E-state index >= 15 is 0 Å². The molecule has 0 bridgehead atoms. The van der Waals surface area contributed by atoms with Crippen LogP contribution in [0.4, 0.5) is 5.82 Å². The second-order valence-electron chi connectivity index (χ2n) is 4.79. The molecule has 104 valence electrons. The molecule has 2 heterocycles. The summed E-state index contributed by atoms with van der Waals surface area (Å²) in [7, 11) is 3.82. The predicted molar refractivity (Wildman–Crippen MR) is 80.7 cm³/mol. The van der Waals surface area contributed by atoms with Crippen molar-refractivity contribution in [3.63, 3.8) is 0 Å². The smallest absolute Gasteiger partial charge is 0.164 e. The highest BCUT2D eigenvalue weighted by Gasteiger charge is 2.18. The monoisotopic (exact) mass is 278 g/mol. The standard InChI is InChI=1S/C15H14N6/c1-20(2)14-13(17-8-9-18-14)15-19-11-5-3-4-6-12(11)21(15)10-7-16/h3-6,8-9H,10H2,1-2H3. The van der Waals surface area contributed by atoms with Gasteiger partial charge in [0, 0.05) is 26.5 Å². The molecule has 0 spiro atoms. The molecule has 0 aliphatic carbocycles. The van der Waals surface area contributed by atoms with Crippen LogP contribution in [0, 0.1) is 11.3 Å². The van der Waals surface area contributed by atoms with Crippen molar-refractivity contribution in [1.29, 1.82) is 5.26 Å². The normalized spacial score (nSPS) is 10.5. The van der Waals surface area contributed by atoms with E-state index in [9.17, 15) is 0 Å². The number of hydrogen-bond acceptors (Lipinski definition) is 5. The molecule has 2 aromatic heterocycles. The first-order valence-electron chi connectivity index (χ1n) is 6.53. The summed E-state index contributed by atoms with van der Waals surface area (Å²) in [6, 6.07) is 9.93. The van der Waals surface area contributed by atoms with Gasteiger partial charge in [-0.1, -0.05) is 12.1 Å². The number of nitriles is 1. The zero-order valence-corrected chi connectivity index (χ0v) is 11.9. The highest BCUT2D eigenvalue weighted by Crippen LogP contribution is 2.28. The SMILES string of the molecule is CN(C)c1nccnc1-c1nc2ccccc2n1CC#N. The van der Waals surface area contributed by atoms with Crippen LogP contribution in [0.1, 0.15) is 0 Å². The topological polar surface area (TPSA) is 70.6 Å². The summed E-state index contributed by atoms with van der Waals surface area (Å²) in [6.45, 7) is 0.222. The Kier molecular flexibility index (Phi) is 3.24. The lowest BCUT2D eigenvalue weighted by atomic mass is 10.3. The van der Waals surface area contributed by atoms with E-state index in [-0.39, 0.29) is 6.54 Å². The molecule has 3 rings (SSSR count). The number of aromatic nitrogens is 4. The van der Waals surface area contributed by atoms with Gasteiger partial charge in [0.05, 0.1) is 17.1 Å². The van der Waals surface area contributed by atoms with Crippen LogP contribution in [0.2, 0.25) is 0 Å². The van der Waals surface area contributed by atoms with E-state index < -0.39 is 0 Å². The van der Waals surface area contributed by atoms with Crippen LogP contribution >= 0.6 is 0 Å². The fourth-order valence-electron chi connectivity index (χ4n) is 2.30. The minimum absolute atomic E-state index is 0.222. The fraction of sp³-hybridized carbons (Fsp3) is 0.200. The summed E-state index contributed by atoms with van der Waals surface area (Å²) >= 11 is 0. The first kappa shape index (κ1) is 13.1. The fourth-order valence-corrected chi connectivity index (χ4v) is 2.30. The summed E-state index contributed by atoms with van der Waals surface area (Å²) in [4.78, 5) is 15.3. The molecule has 0 amide bonds. The average Bonchev–Trinajstić information content (AvgIpc) is 2.86. The molecule has 0 unspecified atom stereocenters. The Morgan fingerprint density at radius 3 is 2.71 bits per heavy atom. The maximum atomic E-state index is 9.10. The number of para-hydroxylation sites is 2. The van der Waals surface area contributed by atoms with E-state index in [1.54, 1.807) is 12.4 Å². The van der Waals surface area contributed by atoms with Crippen molar-refractivity contribution < 1.29 is 0 Å². The summed E-state index contributed by atoms with van der Waals surface area (Å²) in [5, 5.41) is 9.10. The predicted octanol–water partition coefficient (Wildman–Crippen LogP) is 2.08. The quantitative estimate of drug-likeness (QED) is 0.733. The molecule has 6 nitrogen and oxygen atoms in total. The minimum atomic E-state index is 0.222. The van der Waals surface area contributed by atoms with Gasteiger partial charge in [0.15, 0.2) is 11.6 Å². The van der Waals surface area contributed by atoms with Crippen LogP contribution in [-0.2, 0) is 6.54 Å². The van der Waals surface area contributed by atoms with Crippen molar-refractivity contribution in [2.45, 2.75) is 6.54 Å². The molecule has 0 fully saturated rings. The number of benzene rings is 1. The second-order valence-corrected chi connectivity index (χ2v) is 4.79. The summed E-state index contributed by atoms with van der Waals surface area (Å²) in [5.74, 6) is 1.39. The van der Waals surface area contributed by atoms with Crippen LogP contribution in [0.15, 0.2) is 36.7 Å². The van der Waals surface area contributed by atoms with E-state index in [4.69, 9.17) is 5.26 Å². The first-order chi connectivity index (χ1) is 10.2. The van der Waals surface area contributed by atoms with E-state index in [2.05, 4.69) is 21.0 Å². The molecule has 0 saturated carbocycles. The zero-order chi connectivity index (χ0) is 14.8. The van der Waals surface area contributed by atoms with E-state index in [1.807, 2.05) is 47.8 Å². The van der Waals surface area contributed by atoms with Gasteiger partial charge in [0.2, 0.25) is 0 Å². The van der Waals surface area contributed by atoms with Crippen molar-refractivity contribution in [2.24, 2.45) is 0 Å². The third kappa shape index (κ3) is 2.19. The van der Waals surface area contributed by atoms with Gasteiger partial charge in [0.1, 0.15) is 12.2 Å². The highest BCUT2D eigenvalue weighted by molar-refractivity contribution is 5.82. The molecular weight excluding hydrogens is 264 g/mol. The van der Waals surface area contributed by atoms with Gasteiger partial charge in [-0.2, -0.15) is 5.26 Å². The number of fused-ring (bicyclic) bond motifs is 1. The van der Waals surface area contributed by atoms with Gasteiger partial charge in [-0.05, 0) is 12.1 Å². The van der Waals surface area contributed by atoms with E-state index in [0.29, 0.717) is 11.5 Å². The van der Waals surface area contributed by atoms with Gasteiger partial charge >= 0.3 is 0 Å². The highest BCUT2D eigenvalue weighted by atomic mass is 15.2.